The van der Waals surface area contributed by atoms with Crippen LogP contribution < -0.4 is 0 Å². The Bertz CT molecular complexity index is 332. The number of unbranched alkanes of at least 4 members (excludes halogenated alkanes) is 5. The van der Waals surface area contributed by atoms with Crippen LogP contribution in [0.2, 0.25) is 0 Å². The zero-order valence-corrected chi connectivity index (χ0v) is 19.4. The van der Waals surface area contributed by atoms with Gasteiger partial charge >= 0.3 is 0 Å². The molecule has 0 unspecified atom stereocenters. The lowest BCUT2D eigenvalue weighted by molar-refractivity contribution is 0.461. The van der Waals surface area contributed by atoms with E-state index in [9.17, 15) is 13.0 Å². The first-order chi connectivity index (χ1) is 11.8. The van der Waals surface area contributed by atoms with Crippen LogP contribution in [-0.4, -0.2) is 43.4 Å². The van der Waals surface area contributed by atoms with E-state index in [4.69, 9.17) is 0 Å². The minimum Gasteiger partial charge on any atom is -0.748 e. The molecule has 0 saturated heterocycles. The van der Waals surface area contributed by atoms with Crippen molar-refractivity contribution < 1.29 is 13.0 Å². The van der Waals surface area contributed by atoms with Gasteiger partial charge in [-0.05, 0) is 32.1 Å². The minimum absolute atomic E-state index is 0.219. The second-order valence-electron chi connectivity index (χ2n) is 7.27. The molecule has 0 aromatic heterocycles. The van der Waals surface area contributed by atoms with E-state index < -0.39 is 17.4 Å². The van der Waals surface area contributed by atoms with Crippen molar-refractivity contribution in [2.24, 2.45) is 0 Å². The summed E-state index contributed by atoms with van der Waals surface area (Å²) < 4.78 is 29.5. The van der Waals surface area contributed by atoms with E-state index in [1.807, 2.05) is 6.92 Å². The van der Waals surface area contributed by atoms with Gasteiger partial charge in [0.05, 0.1) is 34.8 Å². The molecule has 25 heavy (non-hydrogen) atoms. The van der Waals surface area contributed by atoms with Crippen molar-refractivity contribution in [3.63, 3.8) is 0 Å². The van der Waals surface area contributed by atoms with Crippen LogP contribution in [0.5, 0.6) is 0 Å². The van der Waals surface area contributed by atoms with E-state index in [-0.39, 0.29) is 5.75 Å². The van der Waals surface area contributed by atoms with Crippen molar-refractivity contribution in [3.8, 4) is 0 Å². The zero-order valence-electron chi connectivity index (χ0n) is 17.7. The fourth-order valence-corrected chi connectivity index (χ4v) is 8.90. The lowest BCUT2D eigenvalue weighted by Crippen LogP contribution is -2.12. The van der Waals surface area contributed by atoms with Gasteiger partial charge in [0, 0.05) is 13.0 Å². The van der Waals surface area contributed by atoms with Crippen molar-refractivity contribution in [3.05, 3.63) is 0 Å². The predicted molar refractivity (Wildman–Crippen MR) is 115 cm³/mol. The van der Waals surface area contributed by atoms with E-state index in [1.165, 1.54) is 51.4 Å². The summed E-state index contributed by atoms with van der Waals surface area (Å²) in [4.78, 5) is 0. The number of hydrogen-bond donors (Lipinski definition) is 0. The van der Waals surface area contributed by atoms with Crippen molar-refractivity contribution in [1.29, 1.82) is 0 Å². The summed E-state index contributed by atoms with van der Waals surface area (Å²) in [6, 6.07) is 0. The molecule has 0 N–H and O–H groups in total. The summed E-state index contributed by atoms with van der Waals surface area (Å²) in [5, 5.41) is 0. The summed E-state index contributed by atoms with van der Waals surface area (Å²) in [6.45, 7) is 11.3. The smallest absolute Gasteiger partial charge is 0.0945 e. The second kappa shape index (κ2) is 17.7. The Kier molecular flexibility index (Phi) is 19.6. The van der Waals surface area contributed by atoms with Gasteiger partial charge < -0.3 is 4.55 Å². The molecule has 0 aromatic carbocycles. The molecular weight excluding hydrogens is 351 g/mol. The molecule has 0 radical (unpaired) electrons. The maximum absolute atomic E-state index is 9.83. The number of rotatable bonds is 15. The van der Waals surface area contributed by atoms with Gasteiger partial charge in [0.1, 0.15) is 0 Å². The van der Waals surface area contributed by atoms with Crippen LogP contribution in [0.3, 0.4) is 0 Å². The first-order valence-electron chi connectivity index (χ1n) is 10.6. The molecule has 0 heterocycles. The van der Waals surface area contributed by atoms with Gasteiger partial charge in [-0.15, -0.1) is 0 Å². The summed E-state index contributed by atoms with van der Waals surface area (Å²) >= 11 is 0. The first kappa shape index (κ1) is 27.6. The van der Waals surface area contributed by atoms with Crippen LogP contribution in [-0.2, 0) is 10.1 Å². The molecule has 0 aliphatic heterocycles. The van der Waals surface area contributed by atoms with Gasteiger partial charge in [-0.3, -0.25) is 0 Å². The van der Waals surface area contributed by atoms with Crippen LogP contribution in [0.4, 0.5) is 0 Å². The Morgan fingerprint density at radius 3 is 1.04 bits per heavy atom. The third-order valence-corrected chi connectivity index (χ3v) is 10.5. The van der Waals surface area contributed by atoms with Gasteiger partial charge in [-0.25, -0.2) is 8.42 Å². The van der Waals surface area contributed by atoms with Crippen LogP contribution in [0.1, 0.15) is 98.8 Å². The van der Waals surface area contributed by atoms with Crippen LogP contribution in [0, 0.1) is 0 Å². The summed E-state index contributed by atoms with van der Waals surface area (Å²) in [7, 11) is -4.50. The molecule has 0 fully saturated rings. The summed E-state index contributed by atoms with van der Waals surface area (Å²) in [6.07, 6.45) is 19.2. The summed E-state index contributed by atoms with van der Waals surface area (Å²) in [5.74, 6) is -0.219. The third-order valence-electron chi connectivity index (χ3n) is 4.69. The topological polar surface area (TPSA) is 57.2 Å². The molecule has 5 heteroatoms. The molecule has 0 rings (SSSR count). The van der Waals surface area contributed by atoms with Gasteiger partial charge in [-0.2, -0.15) is 0 Å². The maximum atomic E-state index is 9.83. The molecule has 0 amide bonds. The van der Waals surface area contributed by atoms with Gasteiger partial charge in [-0.1, -0.05) is 66.7 Å². The molecule has 0 saturated carbocycles. The van der Waals surface area contributed by atoms with Gasteiger partial charge in [0.2, 0.25) is 0 Å². The predicted octanol–water partition coefficient (Wildman–Crippen LogP) is 6.54. The highest BCUT2D eigenvalue weighted by molar-refractivity contribution is 7.85. The quantitative estimate of drug-likeness (QED) is 0.233. The number of hydrogen-bond acceptors (Lipinski definition) is 3. The Labute approximate surface area is 159 Å². The highest BCUT2D eigenvalue weighted by Crippen LogP contribution is 2.61. The van der Waals surface area contributed by atoms with E-state index in [2.05, 4.69) is 27.7 Å². The molecular formula is C20H45O3PS. The Balaban J connectivity index is 0. The van der Waals surface area contributed by atoms with Crippen LogP contribution in [0.15, 0.2) is 0 Å². The lowest BCUT2D eigenvalue weighted by Gasteiger charge is -2.28. The van der Waals surface area contributed by atoms with E-state index >= 15 is 0 Å². The third kappa shape index (κ3) is 18.9. The van der Waals surface area contributed by atoms with Crippen LogP contribution >= 0.6 is 7.26 Å². The molecule has 0 aromatic rings. The van der Waals surface area contributed by atoms with Crippen LogP contribution in [0.25, 0.3) is 0 Å². The first-order valence-corrected chi connectivity index (χ1v) is 14.7. The second-order valence-corrected chi connectivity index (χ2v) is 13.3. The molecule has 0 bridgehead atoms. The fraction of sp³-hybridized carbons (Fsp3) is 1.00. The zero-order chi connectivity index (χ0) is 19.6. The van der Waals surface area contributed by atoms with Crippen molar-refractivity contribution in [2.45, 2.75) is 98.8 Å². The molecule has 154 valence electrons. The molecule has 0 aliphatic rings. The van der Waals surface area contributed by atoms with E-state index in [1.54, 1.807) is 24.6 Å². The van der Waals surface area contributed by atoms with Crippen molar-refractivity contribution >= 4 is 17.4 Å². The van der Waals surface area contributed by atoms with E-state index in [0.29, 0.717) is 6.42 Å². The highest BCUT2D eigenvalue weighted by Gasteiger charge is 2.34. The Hall–Kier alpha value is 0.340. The molecule has 0 atom stereocenters. The van der Waals surface area contributed by atoms with E-state index in [0.717, 1.165) is 6.42 Å². The standard InChI is InChI=1S/C16H36P.C4H10O3S/c1-5-9-13-17(14-10-6-2,15-11-7-3)16-12-8-4;1-2-3-4-8(5,6)7/h5-16H2,1-4H3;2-4H2,1H3,(H,5,6,7)/q+1;/p-1. The Morgan fingerprint density at radius 2 is 0.880 bits per heavy atom. The average molecular weight is 397 g/mol. The minimum atomic E-state index is -3.94. The molecule has 0 spiro atoms. The molecule has 3 nitrogen and oxygen atoms in total. The SMILES string of the molecule is CCCCS(=O)(=O)[O-].CCCC[P+](CCCC)(CCCC)CCCC. The Morgan fingerprint density at radius 1 is 0.600 bits per heavy atom. The monoisotopic (exact) mass is 396 g/mol. The van der Waals surface area contributed by atoms with Crippen molar-refractivity contribution in [1.82, 2.24) is 0 Å². The maximum Gasteiger partial charge on any atom is 0.0945 e. The highest BCUT2D eigenvalue weighted by atomic mass is 32.2. The largest absolute Gasteiger partial charge is 0.748 e. The van der Waals surface area contributed by atoms with Crippen molar-refractivity contribution in [2.75, 3.05) is 30.4 Å². The summed E-state index contributed by atoms with van der Waals surface area (Å²) in [5.41, 5.74) is 0. The van der Waals surface area contributed by atoms with Gasteiger partial charge in [0.25, 0.3) is 0 Å². The fourth-order valence-electron chi connectivity index (χ4n) is 2.97. The average Bonchev–Trinajstić information content (AvgIpc) is 2.58. The van der Waals surface area contributed by atoms with Gasteiger partial charge in [0.15, 0.2) is 0 Å². The molecule has 0 aliphatic carbocycles. The normalized spacial score (nSPS) is 11.9. The lowest BCUT2D eigenvalue weighted by atomic mass is 10.4.